The Morgan fingerprint density at radius 1 is 0.955 bits per heavy atom. The van der Waals surface area contributed by atoms with Crippen LogP contribution in [0.2, 0.25) is 0 Å². The van der Waals surface area contributed by atoms with Crippen LogP contribution in [0.3, 0.4) is 0 Å². The number of anilines is 1. The number of aliphatic hydroxyl groups is 1. The van der Waals surface area contributed by atoms with Gasteiger partial charge in [-0.15, -0.1) is 0 Å². The van der Waals surface area contributed by atoms with Gasteiger partial charge in [0.15, 0.2) is 39.5 Å². The van der Waals surface area contributed by atoms with Gasteiger partial charge in [-0.2, -0.15) is 0 Å². The SMILES string of the molecule is CCOc1ccc2nc(N3C(=O)C(O)=C(C(=O)c4cc5cccc(OC)c5o4)C3c3ccc(OCC)c(OCC)c3)sc2c1. The van der Waals surface area contributed by atoms with Crippen LogP contribution in [0.25, 0.3) is 21.2 Å². The quantitative estimate of drug-likeness (QED) is 0.156. The summed E-state index contributed by atoms with van der Waals surface area (Å²) >= 11 is 1.25. The Morgan fingerprint density at radius 2 is 1.73 bits per heavy atom. The number of ether oxygens (including phenoxy) is 4. The number of rotatable bonds is 11. The Labute approximate surface area is 257 Å². The lowest BCUT2D eigenvalue weighted by Gasteiger charge is -2.25. The Balaban J connectivity index is 1.51. The summed E-state index contributed by atoms with van der Waals surface area (Å²) in [4.78, 5) is 34.1. The topological polar surface area (TPSA) is 121 Å². The monoisotopic (exact) mass is 614 g/mol. The van der Waals surface area contributed by atoms with E-state index >= 15 is 0 Å². The number of Topliss-reactive ketones (excluding diaryl/α,β-unsaturated/α-hetero) is 1. The maximum Gasteiger partial charge on any atom is 0.296 e. The second-order valence-corrected chi connectivity index (χ2v) is 10.8. The summed E-state index contributed by atoms with van der Waals surface area (Å²) < 4.78 is 29.4. The molecule has 3 heterocycles. The number of para-hydroxylation sites is 1. The smallest absolute Gasteiger partial charge is 0.296 e. The Bertz CT molecular complexity index is 1920. The minimum Gasteiger partial charge on any atom is -0.503 e. The summed E-state index contributed by atoms with van der Waals surface area (Å²) in [6.07, 6.45) is 0. The molecular weight excluding hydrogens is 584 g/mol. The first-order valence-corrected chi connectivity index (χ1v) is 15.0. The number of carbonyl (C=O) groups is 2. The predicted octanol–water partition coefficient (Wildman–Crippen LogP) is 7.03. The molecule has 2 aromatic heterocycles. The Hall–Kier alpha value is -5.03. The molecule has 226 valence electrons. The number of amides is 1. The predicted molar refractivity (Wildman–Crippen MR) is 167 cm³/mol. The van der Waals surface area contributed by atoms with Gasteiger partial charge in [0.1, 0.15) is 5.75 Å². The van der Waals surface area contributed by atoms with Gasteiger partial charge in [0.25, 0.3) is 5.91 Å². The Morgan fingerprint density at radius 3 is 2.48 bits per heavy atom. The highest BCUT2D eigenvalue weighted by atomic mass is 32.1. The number of methoxy groups -OCH3 is 1. The lowest BCUT2D eigenvalue weighted by Crippen LogP contribution is -2.31. The first-order chi connectivity index (χ1) is 21.4. The van der Waals surface area contributed by atoms with E-state index in [4.69, 9.17) is 28.3 Å². The number of fused-ring (bicyclic) bond motifs is 2. The first kappa shape index (κ1) is 29.1. The molecular formula is C33H30N2O8S. The van der Waals surface area contributed by atoms with Crippen molar-refractivity contribution in [3.05, 3.63) is 83.3 Å². The third-order valence-corrected chi connectivity index (χ3v) is 8.17. The highest BCUT2D eigenvalue weighted by Gasteiger charge is 2.47. The second-order valence-electron chi connectivity index (χ2n) is 9.79. The van der Waals surface area contributed by atoms with Crippen molar-refractivity contribution in [3.63, 3.8) is 0 Å². The molecule has 1 N–H and O–H groups in total. The molecule has 0 saturated heterocycles. The van der Waals surface area contributed by atoms with Gasteiger partial charge in [0.2, 0.25) is 5.78 Å². The molecule has 11 heteroatoms. The van der Waals surface area contributed by atoms with Crippen molar-refractivity contribution in [2.75, 3.05) is 31.8 Å². The summed E-state index contributed by atoms with van der Waals surface area (Å²) in [5, 5.41) is 12.3. The fraction of sp³-hybridized carbons (Fsp3) is 0.242. The first-order valence-electron chi connectivity index (χ1n) is 14.2. The van der Waals surface area contributed by atoms with Crippen LogP contribution in [-0.2, 0) is 4.79 Å². The van der Waals surface area contributed by atoms with Crippen molar-refractivity contribution in [2.24, 2.45) is 0 Å². The number of aromatic nitrogens is 1. The van der Waals surface area contributed by atoms with Crippen LogP contribution in [0.15, 0.2) is 76.4 Å². The lowest BCUT2D eigenvalue weighted by atomic mass is 9.95. The minimum absolute atomic E-state index is 0.0488. The zero-order valence-corrected chi connectivity index (χ0v) is 25.4. The summed E-state index contributed by atoms with van der Waals surface area (Å²) in [5.41, 5.74) is 1.40. The van der Waals surface area contributed by atoms with Crippen LogP contribution in [0, 0.1) is 0 Å². The number of thiazole rings is 1. The zero-order valence-electron chi connectivity index (χ0n) is 24.6. The van der Waals surface area contributed by atoms with Gasteiger partial charge in [0, 0.05) is 5.39 Å². The minimum atomic E-state index is -1.05. The second kappa shape index (κ2) is 11.9. The molecule has 0 radical (unpaired) electrons. The summed E-state index contributed by atoms with van der Waals surface area (Å²) in [6.45, 7) is 6.90. The summed E-state index contributed by atoms with van der Waals surface area (Å²) in [6, 6.07) is 16.5. The number of hydrogen-bond donors (Lipinski definition) is 1. The van der Waals surface area contributed by atoms with E-state index in [-0.39, 0.29) is 11.3 Å². The maximum atomic E-state index is 14.2. The highest BCUT2D eigenvalue weighted by molar-refractivity contribution is 7.22. The molecule has 1 atom stereocenters. The van der Waals surface area contributed by atoms with E-state index in [1.165, 1.54) is 23.3 Å². The molecule has 1 unspecified atom stereocenters. The van der Waals surface area contributed by atoms with Gasteiger partial charge in [-0.1, -0.05) is 29.5 Å². The van der Waals surface area contributed by atoms with Gasteiger partial charge >= 0.3 is 0 Å². The number of aliphatic hydroxyl groups excluding tert-OH is 1. The average Bonchev–Trinajstić information content (AvgIpc) is 3.72. The van der Waals surface area contributed by atoms with Crippen LogP contribution in [0.5, 0.6) is 23.0 Å². The molecule has 1 amide bonds. The zero-order chi connectivity index (χ0) is 31.0. The van der Waals surface area contributed by atoms with Gasteiger partial charge < -0.3 is 28.5 Å². The molecule has 0 fully saturated rings. The lowest BCUT2D eigenvalue weighted by molar-refractivity contribution is -0.117. The maximum absolute atomic E-state index is 14.2. The number of nitrogens with zero attached hydrogens (tertiary/aromatic N) is 2. The number of furan rings is 1. The fourth-order valence-corrected chi connectivity index (χ4v) is 6.30. The normalized spacial score (nSPS) is 15.0. The molecule has 3 aromatic carbocycles. The van der Waals surface area contributed by atoms with Crippen molar-refractivity contribution < 1.29 is 38.1 Å². The summed E-state index contributed by atoms with van der Waals surface area (Å²) in [5.74, 6) is -0.0600. The van der Waals surface area contributed by atoms with Crippen LogP contribution >= 0.6 is 11.3 Å². The molecule has 5 aromatic rings. The van der Waals surface area contributed by atoms with E-state index in [2.05, 4.69) is 0 Å². The van der Waals surface area contributed by atoms with E-state index in [0.29, 0.717) is 70.0 Å². The molecule has 0 aliphatic carbocycles. The molecule has 1 aliphatic heterocycles. The van der Waals surface area contributed by atoms with Crippen molar-refractivity contribution in [2.45, 2.75) is 26.8 Å². The number of ketones is 1. The molecule has 44 heavy (non-hydrogen) atoms. The van der Waals surface area contributed by atoms with Gasteiger partial charge in [0.05, 0.1) is 48.8 Å². The average molecular weight is 615 g/mol. The molecule has 6 rings (SSSR count). The van der Waals surface area contributed by atoms with Gasteiger partial charge in [-0.05, 0) is 68.8 Å². The molecule has 10 nitrogen and oxygen atoms in total. The van der Waals surface area contributed by atoms with Crippen LogP contribution in [0.1, 0.15) is 42.9 Å². The molecule has 0 spiro atoms. The van der Waals surface area contributed by atoms with Gasteiger partial charge in [-0.3, -0.25) is 14.5 Å². The molecule has 1 aliphatic rings. The van der Waals surface area contributed by atoms with E-state index in [1.54, 1.807) is 54.6 Å². The standard InChI is InChI=1S/C33H30N2O8S/c1-5-40-20-12-13-21-26(17-20)44-33(34-21)35-28(18-11-14-22(41-6-2)24(15-18)42-7-3)27(30(37)32(35)38)29(36)25-16-19-9-8-10-23(39-4)31(19)43-25/h8-17,28,37H,5-7H2,1-4H3. The Kier molecular flexibility index (Phi) is 7.88. The van der Waals surface area contributed by atoms with E-state index in [9.17, 15) is 14.7 Å². The number of benzene rings is 3. The van der Waals surface area contributed by atoms with Crippen LogP contribution in [0.4, 0.5) is 5.13 Å². The van der Waals surface area contributed by atoms with E-state index in [1.807, 2.05) is 26.8 Å². The molecule has 0 bridgehead atoms. The fourth-order valence-electron chi connectivity index (χ4n) is 5.28. The van der Waals surface area contributed by atoms with Gasteiger partial charge in [-0.25, -0.2) is 4.98 Å². The van der Waals surface area contributed by atoms with Crippen LogP contribution in [-0.4, -0.2) is 48.7 Å². The third-order valence-electron chi connectivity index (χ3n) is 7.15. The summed E-state index contributed by atoms with van der Waals surface area (Å²) in [7, 11) is 1.51. The molecule has 0 saturated carbocycles. The number of carbonyl (C=O) groups excluding carboxylic acids is 2. The van der Waals surface area contributed by atoms with E-state index in [0.717, 1.165) is 4.70 Å². The van der Waals surface area contributed by atoms with Crippen molar-refractivity contribution in [3.8, 4) is 23.0 Å². The third kappa shape index (κ3) is 4.98. The largest absolute Gasteiger partial charge is 0.503 e. The van der Waals surface area contributed by atoms with Crippen molar-refractivity contribution >= 4 is 49.3 Å². The highest BCUT2D eigenvalue weighted by Crippen LogP contribution is 2.46. The van der Waals surface area contributed by atoms with E-state index < -0.39 is 23.5 Å². The van der Waals surface area contributed by atoms with Crippen LogP contribution < -0.4 is 23.8 Å². The number of hydrogen-bond acceptors (Lipinski definition) is 10. The van der Waals surface area contributed by atoms with Crippen molar-refractivity contribution in [1.82, 2.24) is 4.98 Å². The van der Waals surface area contributed by atoms with Crippen molar-refractivity contribution in [1.29, 1.82) is 0 Å².